The molecule has 0 saturated heterocycles. The predicted octanol–water partition coefficient (Wildman–Crippen LogP) is -1.35. The Morgan fingerprint density at radius 3 is 2.54 bits per heavy atom. The minimum Gasteiger partial charge on any atom is -0.858 e. The smallest absolute Gasteiger partial charge is 0.858 e. The molecule has 0 saturated carbocycles. The number of nitrogens with zero attached hydrogens (tertiary/aromatic N) is 1. The van der Waals surface area contributed by atoms with Gasteiger partial charge in [-0.25, -0.2) is 4.79 Å². The van der Waals surface area contributed by atoms with E-state index in [-0.39, 0.29) is 42.0 Å². The van der Waals surface area contributed by atoms with Gasteiger partial charge >= 0.3 is 35.5 Å². The Kier molecular flexibility index (Phi) is 6.03. The summed E-state index contributed by atoms with van der Waals surface area (Å²) in [5.74, 6) is -0.777. The second-order valence-electron chi connectivity index (χ2n) is 4.73. The third kappa shape index (κ3) is 4.17. The van der Waals surface area contributed by atoms with Gasteiger partial charge in [0.25, 0.3) is 0 Å². The number of benzene rings is 2. The van der Waals surface area contributed by atoms with Crippen molar-refractivity contribution in [2.75, 3.05) is 6.79 Å². The maximum absolute atomic E-state index is 12.0. The molecule has 2 aromatic carbocycles. The molecule has 0 radical (unpaired) electrons. The number of hydrogen-bond acceptors (Lipinski definition) is 5. The van der Waals surface area contributed by atoms with Crippen LogP contribution in [-0.4, -0.2) is 23.8 Å². The molecule has 0 bridgehead atoms. The Balaban J connectivity index is 0.00000208. The zero-order valence-electron chi connectivity index (χ0n) is 12.9. The van der Waals surface area contributed by atoms with Crippen LogP contribution < -0.4 is 44.1 Å². The van der Waals surface area contributed by atoms with E-state index in [0.717, 1.165) is 0 Å². The van der Waals surface area contributed by atoms with Crippen molar-refractivity contribution in [3.8, 4) is 11.5 Å². The Morgan fingerprint density at radius 2 is 1.83 bits per heavy atom. The molecule has 1 N–H and O–H groups in total. The van der Waals surface area contributed by atoms with Crippen LogP contribution in [0, 0.1) is 0 Å². The van der Waals surface area contributed by atoms with Gasteiger partial charge in [-0.1, -0.05) is 36.4 Å². The topological polar surface area (TPSA) is 91.2 Å². The van der Waals surface area contributed by atoms with Gasteiger partial charge in [0.15, 0.2) is 11.5 Å². The van der Waals surface area contributed by atoms with Crippen LogP contribution >= 0.6 is 0 Å². The second kappa shape index (κ2) is 8.01. The largest absolute Gasteiger partial charge is 1.00 e. The summed E-state index contributed by atoms with van der Waals surface area (Å²) in [5, 5.41) is 21.3. The van der Waals surface area contributed by atoms with Gasteiger partial charge in [-0.3, -0.25) is 4.99 Å². The molecule has 1 aliphatic heterocycles. The summed E-state index contributed by atoms with van der Waals surface area (Å²) >= 11 is 0. The average molecular weight is 333 g/mol. The molecular weight excluding hydrogens is 321 g/mol. The first kappa shape index (κ1) is 18.1. The van der Waals surface area contributed by atoms with Gasteiger partial charge in [0.2, 0.25) is 6.79 Å². The summed E-state index contributed by atoms with van der Waals surface area (Å²) in [7, 11) is 0. The number of carbonyl (C=O) groups is 1. The van der Waals surface area contributed by atoms with E-state index in [1.807, 2.05) is 0 Å². The first-order valence-corrected chi connectivity index (χ1v) is 6.79. The monoisotopic (exact) mass is 333 g/mol. The Morgan fingerprint density at radius 1 is 1.12 bits per heavy atom. The number of ether oxygens (including phenoxy) is 2. The minimum absolute atomic E-state index is 0. The van der Waals surface area contributed by atoms with Crippen LogP contribution in [0.15, 0.2) is 59.2 Å². The quantitative estimate of drug-likeness (QED) is 0.323. The van der Waals surface area contributed by atoms with Crippen molar-refractivity contribution in [1.82, 2.24) is 0 Å². The summed E-state index contributed by atoms with van der Waals surface area (Å²) < 4.78 is 10.4. The zero-order chi connectivity index (χ0) is 16.2. The Labute approximate surface area is 160 Å². The van der Waals surface area contributed by atoms with Crippen LogP contribution in [-0.2, 0) is 4.79 Å². The van der Waals surface area contributed by atoms with Crippen molar-refractivity contribution in [2.24, 2.45) is 4.99 Å². The molecule has 116 valence electrons. The van der Waals surface area contributed by atoms with E-state index in [1.165, 1.54) is 6.08 Å². The van der Waals surface area contributed by atoms with Gasteiger partial charge < -0.3 is 19.7 Å². The Bertz CT molecular complexity index is 802. The summed E-state index contributed by atoms with van der Waals surface area (Å²) in [5.41, 5.74) is 0.527. The number of carboxylic acid groups (broad SMARTS) is 1. The number of rotatable bonds is 4. The van der Waals surface area contributed by atoms with Gasteiger partial charge in [-0.2, -0.15) is 0 Å². The van der Waals surface area contributed by atoms with Crippen LogP contribution in [0.25, 0.3) is 6.08 Å². The van der Waals surface area contributed by atoms with E-state index in [1.54, 1.807) is 48.5 Å². The van der Waals surface area contributed by atoms with E-state index < -0.39 is 11.9 Å². The van der Waals surface area contributed by atoms with Gasteiger partial charge in [-0.15, -0.1) is 0 Å². The first-order valence-electron chi connectivity index (χ1n) is 6.79. The third-order valence-corrected chi connectivity index (χ3v) is 3.16. The summed E-state index contributed by atoms with van der Waals surface area (Å²) in [6.45, 7) is 0.130. The molecule has 0 amide bonds. The maximum Gasteiger partial charge on any atom is 1.00 e. The molecule has 1 aliphatic rings. The molecule has 24 heavy (non-hydrogen) atoms. The number of fused-ring (bicyclic) bond motifs is 1. The van der Waals surface area contributed by atoms with Crippen LogP contribution in [0.4, 0.5) is 0 Å². The number of aliphatic carboxylic acids is 1. The second-order valence-corrected chi connectivity index (χ2v) is 4.73. The van der Waals surface area contributed by atoms with Crippen molar-refractivity contribution >= 4 is 17.9 Å². The molecule has 0 aromatic heterocycles. The molecule has 0 unspecified atom stereocenters. The molecule has 0 aliphatic carbocycles. The fourth-order valence-corrected chi connectivity index (χ4v) is 2.06. The van der Waals surface area contributed by atoms with Crippen molar-refractivity contribution in [3.05, 3.63) is 65.4 Å². The number of carboxylic acids is 1. The minimum atomic E-state index is -1.29. The van der Waals surface area contributed by atoms with Gasteiger partial charge in [0, 0.05) is 0 Å². The fourth-order valence-electron chi connectivity index (χ4n) is 2.06. The summed E-state index contributed by atoms with van der Waals surface area (Å²) in [6, 6.07) is 13.3. The third-order valence-electron chi connectivity index (χ3n) is 3.16. The van der Waals surface area contributed by atoms with Gasteiger partial charge in [-0.05, 0) is 35.2 Å². The van der Waals surface area contributed by atoms with E-state index in [9.17, 15) is 15.0 Å². The van der Waals surface area contributed by atoms with Crippen LogP contribution in [0.2, 0.25) is 0 Å². The number of aliphatic imine (C=N–C) groups is 1. The molecule has 2 aromatic rings. The van der Waals surface area contributed by atoms with Crippen LogP contribution in [0.5, 0.6) is 11.5 Å². The molecule has 0 fully saturated rings. The number of hydrogen-bond donors (Lipinski definition) is 1. The predicted molar refractivity (Wildman–Crippen MR) is 81.2 cm³/mol. The maximum atomic E-state index is 12.0. The van der Waals surface area contributed by atoms with E-state index >= 15 is 0 Å². The van der Waals surface area contributed by atoms with E-state index in [4.69, 9.17) is 9.47 Å². The summed E-state index contributed by atoms with van der Waals surface area (Å²) in [6.07, 6.45) is 1.31. The SMILES string of the molecule is O=C(O)/C(=C/c1ccc2c(c1)OCO2)N=C([O-])c1ccccc1.[Na+]. The molecular formula is C17H12NNaO5. The first-order chi connectivity index (χ1) is 11.1. The van der Waals surface area contributed by atoms with Crippen LogP contribution in [0.3, 0.4) is 0 Å². The van der Waals surface area contributed by atoms with Gasteiger partial charge in [0.05, 0.1) is 0 Å². The van der Waals surface area contributed by atoms with E-state index in [2.05, 4.69) is 4.99 Å². The molecule has 1 heterocycles. The average Bonchev–Trinajstić information content (AvgIpc) is 3.02. The van der Waals surface area contributed by atoms with E-state index in [0.29, 0.717) is 22.6 Å². The van der Waals surface area contributed by atoms with Crippen LogP contribution in [0.1, 0.15) is 11.1 Å². The molecule has 0 spiro atoms. The fraction of sp³-hybridized carbons (Fsp3) is 0.0588. The standard InChI is InChI=1S/C17H13NO5.Na/c19-16(12-4-2-1-3-5-12)18-13(17(20)21)8-11-6-7-14-15(9-11)23-10-22-14;/h1-9H,10H2,(H,18,19)(H,20,21);/q;+1/p-1/b13-8-;. The summed E-state index contributed by atoms with van der Waals surface area (Å²) in [4.78, 5) is 15.0. The van der Waals surface area contributed by atoms with Crippen molar-refractivity contribution < 1.29 is 54.0 Å². The molecule has 3 rings (SSSR count). The van der Waals surface area contributed by atoms with Gasteiger partial charge in [0.1, 0.15) is 5.70 Å². The zero-order valence-corrected chi connectivity index (χ0v) is 14.9. The molecule has 0 atom stereocenters. The molecule has 7 heteroatoms. The van der Waals surface area contributed by atoms with Crippen molar-refractivity contribution in [2.45, 2.75) is 0 Å². The molecule has 6 nitrogen and oxygen atoms in total. The normalized spacial score (nSPS) is 13.3. The van der Waals surface area contributed by atoms with Crippen molar-refractivity contribution in [3.63, 3.8) is 0 Å². The van der Waals surface area contributed by atoms with Crippen molar-refractivity contribution in [1.29, 1.82) is 0 Å². The Hall–Kier alpha value is -2.28.